The molecule has 1 aliphatic rings. The predicted octanol–water partition coefficient (Wildman–Crippen LogP) is 1.66. The van der Waals surface area contributed by atoms with Crippen LogP contribution in [-0.2, 0) is 29.5 Å². The molecule has 0 unspecified atom stereocenters. The van der Waals surface area contributed by atoms with Gasteiger partial charge in [-0.15, -0.1) is 0 Å². The smallest absolute Gasteiger partial charge is 0.267 e. The van der Waals surface area contributed by atoms with Gasteiger partial charge in [0.15, 0.2) is 0 Å². The van der Waals surface area contributed by atoms with Gasteiger partial charge in [0.1, 0.15) is 0 Å². The SMILES string of the molecule is Nc1ncc2c(n1)CCN(Cc1cccn1S(=O)(=O)c1ccccc1)C2. The first-order valence-corrected chi connectivity index (χ1v) is 9.77. The zero-order valence-electron chi connectivity index (χ0n) is 14.1. The fourth-order valence-electron chi connectivity index (χ4n) is 3.22. The Kier molecular flexibility index (Phi) is 4.21. The number of nitrogens with two attached hydrogens (primary N) is 1. The average Bonchev–Trinajstić information content (AvgIpc) is 3.11. The molecule has 1 aromatic carbocycles. The molecule has 0 radical (unpaired) electrons. The summed E-state index contributed by atoms with van der Waals surface area (Å²) < 4.78 is 27.2. The molecular formula is C18H19N5O2S. The van der Waals surface area contributed by atoms with Crippen LogP contribution in [0.25, 0.3) is 0 Å². The van der Waals surface area contributed by atoms with Crippen molar-refractivity contribution in [2.45, 2.75) is 24.4 Å². The lowest BCUT2D eigenvalue weighted by atomic mass is 10.1. The molecule has 134 valence electrons. The van der Waals surface area contributed by atoms with Gasteiger partial charge >= 0.3 is 0 Å². The van der Waals surface area contributed by atoms with E-state index < -0.39 is 10.0 Å². The van der Waals surface area contributed by atoms with Crippen LogP contribution in [0.15, 0.2) is 59.8 Å². The first-order valence-electron chi connectivity index (χ1n) is 8.33. The summed E-state index contributed by atoms with van der Waals surface area (Å²) in [5.74, 6) is 0.292. The van der Waals surface area contributed by atoms with Crippen LogP contribution in [0.1, 0.15) is 17.0 Å². The second-order valence-corrected chi connectivity index (χ2v) is 8.09. The molecule has 26 heavy (non-hydrogen) atoms. The Morgan fingerprint density at radius 1 is 1.12 bits per heavy atom. The number of fused-ring (bicyclic) bond motifs is 1. The van der Waals surface area contributed by atoms with E-state index in [1.807, 2.05) is 6.07 Å². The molecule has 3 aromatic rings. The maximum Gasteiger partial charge on any atom is 0.267 e. The quantitative estimate of drug-likeness (QED) is 0.752. The van der Waals surface area contributed by atoms with Crippen LogP contribution in [-0.4, -0.2) is 33.8 Å². The molecule has 2 aromatic heterocycles. The number of nitrogens with zero attached hydrogens (tertiary/aromatic N) is 4. The van der Waals surface area contributed by atoms with Gasteiger partial charge in [0.05, 0.1) is 10.6 Å². The fraction of sp³-hybridized carbons (Fsp3) is 0.222. The number of anilines is 1. The van der Waals surface area contributed by atoms with Crippen molar-refractivity contribution >= 4 is 16.0 Å². The van der Waals surface area contributed by atoms with Crippen molar-refractivity contribution in [1.82, 2.24) is 18.8 Å². The van der Waals surface area contributed by atoms with E-state index >= 15 is 0 Å². The summed E-state index contributed by atoms with van der Waals surface area (Å²) in [4.78, 5) is 10.8. The van der Waals surface area contributed by atoms with E-state index in [0.717, 1.165) is 29.9 Å². The molecule has 3 heterocycles. The summed E-state index contributed by atoms with van der Waals surface area (Å²) in [6.07, 6.45) is 4.12. The number of hydrogen-bond acceptors (Lipinski definition) is 6. The van der Waals surface area contributed by atoms with E-state index in [-0.39, 0.29) is 4.90 Å². The normalized spacial score (nSPS) is 14.9. The van der Waals surface area contributed by atoms with Crippen LogP contribution in [0.4, 0.5) is 5.95 Å². The summed E-state index contributed by atoms with van der Waals surface area (Å²) in [5.41, 5.74) is 8.38. The second kappa shape index (κ2) is 6.54. The van der Waals surface area contributed by atoms with E-state index in [1.54, 1.807) is 48.8 Å². The standard InChI is InChI=1S/C18H19N5O2S/c19-18-20-11-14-12-22(10-8-17(14)21-18)13-15-5-4-9-23(15)26(24,25)16-6-2-1-3-7-16/h1-7,9,11H,8,10,12-13H2,(H2,19,20,21). The molecule has 0 bridgehead atoms. The molecule has 4 rings (SSSR count). The van der Waals surface area contributed by atoms with Crippen molar-refractivity contribution in [3.63, 3.8) is 0 Å². The summed E-state index contributed by atoms with van der Waals surface area (Å²) >= 11 is 0. The average molecular weight is 369 g/mol. The van der Waals surface area contributed by atoms with Gasteiger partial charge < -0.3 is 5.73 Å². The van der Waals surface area contributed by atoms with Gasteiger partial charge in [-0.2, -0.15) is 0 Å². The number of hydrogen-bond donors (Lipinski definition) is 1. The number of benzene rings is 1. The highest BCUT2D eigenvalue weighted by molar-refractivity contribution is 7.90. The molecule has 7 nitrogen and oxygen atoms in total. The van der Waals surface area contributed by atoms with Gasteiger partial charge in [-0.1, -0.05) is 18.2 Å². The van der Waals surface area contributed by atoms with E-state index in [9.17, 15) is 8.42 Å². The van der Waals surface area contributed by atoms with Gasteiger partial charge in [0, 0.05) is 49.7 Å². The minimum absolute atomic E-state index is 0.283. The Morgan fingerprint density at radius 3 is 2.73 bits per heavy atom. The maximum absolute atomic E-state index is 12.9. The summed E-state index contributed by atoms with van der Waals surface area (Å²) in [5, 5.41) is 0. The first-order chi connectivity index (χ1) is 12.5. The van der Waals surface area contributed by atoms with E-state index in [2.05, 4.69) is 14.9 Å². The Hall–Kier alpha value is -2.71. The van der Waals surface area contributed by atoms with Crippen LogP contribution in [0, 0.1) is 0 Å². The van der Waals surface area contributed by atoms with Crippen molar-refractivity contribution in [1.29, 1.82) is 0 Å². The van der Waals surface area contributed by atoms with Gasteiger partial charge in [0.25, 0.3) is 10.0 Å². The zero-order chi connectivity index (χ0) is 18.1. The molecule has 1 aliphatic heterocycles. The lowest BCUT2D eigenvalue weighted by Crippen LogP contribution is -2.32. The molecule has 0 spiro atoms. The van der Waals surface area contributed by atoms with Gasteiger partial charge in [-0.05, 0) is 24.3 Å². The third-order valence-electron chi connectivity index (χ3n) is 4.51. The van der Waals surface area contributed by atoms with Crippen molar-refractivity contribution in [3.8, 4) is 0 Å². The molecule has 0 saturated carbocycles. The third kappa shape index (κ3) is 3.09. The van der Waals surface area contributed by atoms with E-state index in [0.29, 0.717) is 19.0 Å². The van der Waals surface area contributed by atoms with Crippen molar-refractivity contribution < 1.29 is 8.42 Å². The van der Waals surface area contributed by atoms with E-state index in [4.69, 9.17) is 5.73 Å². The number of rotatable bonds is 4. The predicted molar refractivity (Wildman–Crippen MR) is 97.7 cm³/mol. The summed E-state index contributed by atoms with van der Waals surface area (Å²) in [7, 11) is -3.59. The second-order valence-electron chi connectivity index (χ2n) is 6.27. The Morgan fingerprint density at radius 2 is 1.92 bits per heavy atom. The molecular weight excluding hydrogens is 350 g/mol. The minimum Gasteiger partial charge on any atom is -0.368 e. The van der Waals surface area contributed by atoms with Gasteiger partial charge in [0.2, 0.25) is 5.95 Å². The first kappa shape index (κ1) is 16.7. The molecule has 8 heteroatoms. The molecule has 0 atom stereocenters. The third-order valence-corrected chi connectivity index (χ3v) is 6.25. The van der Waals surface area contributed by atoms with Crippen LogP contribution in [0.3, 0.4) is 0 Å². The Balaban J connectivity index is 1.58. The molecule has 0 saturated heterocycles. The Labute approximate surface area is 152 Å². The maximum atomic E-state index is 12.9. The van der Waals surface area contributed by atoms with Crippen LogP contribution in [0.2, 0.25) is 0 Å². The number of nitrogen functional groups attached to an aromatic ring is 1. The van der Waals surface area contributed by atoms with Gasteiger partial charge in [-0.3, -0.25) is 4.90 Å². The lowest BCUT2D eigenvalue weighted by Gasteiger charge is -2.28. The topological polar surface area (TPSA) is 94.1 Å². The van der Waals surface area contributed by atoms with Gasteiger partial charge in [-0.25, -0.2) is 22.4 Å². The Bertz CT molecular complexity index is 1030. The van der Waals surface area contributed by atoms with Crippen molar-refractivity contribution in [2.75, 3.05) is 12.3 Å². The highest BCUT2D eigenvalue weighted by Crippen LogP contribution is 2.21. The van der Waals surface area contributed by atoms with Crippen molar-refractivity contribution in [3.05, 3.63) is 71.8 Å². The van der Waals surface area contributed by atoms with Crippen LogP contribution >= 0.6 is 0 Å². The highest BCUT2D eigenvalue weighted by atomic mass is 32.2. The minimum atomic E-state index is -3.59. The van der Waals surface area contributed by atoms with Crippen molar-refractivity contribution in [2.24, 2.45) is 0 Å². The molecule has 0 aliphatic carbocycles. The molecule has 2 N–H and O–H groups in total. The van der Waals surface area contributed by atoms with Crippen LogP contribution < -0.4 is 5.73 Å². The lowest BCUT2D eigenvalue weighted by molar-refractivity contribution is 0.239. The number of aromatic nitrogens is 3. The zero-order valence-corrected chi connectivity index (χ0v) is 14.9. The molecule has 0 fully saturated rings. The fourth-order valence-corrected chi connectivity index (χ4v) is 4.60. The molecule has 0 amide bonds. The largest absolute Gasteiger partial charge is 0.368 e. The summed E-state index contributed by atoms with van der Waals surface area (Å²) in [6.45, 7) is 2.00. The van der Waals surface area contributed by atoms with E-state index in [1.165, 1.54) is 3.97 Å². The monoisotopic (exact) mass is 369 g/mol. The summed E-state index contributed by atoms with van der Waals surface area (Å²) in [6, 6.07) is 12.1. The van der Waals surface area contributed by atoms with Crippen LogP contribution in [0.5, 0.6) is 0 Å². The highest BCUT2D eigenvalue weighted by Gasteiger charge is 2.23.